The first-order valence-electron chi connectivity index (χ1n) is 6.80. The third-order valence-electron chi connectivity index (χ3n) is 3.48. The van der Waals surface area contributed by atoms with E-state index in [9.17, 15) is 14.0 Å². The number of likely N-dealkylation sites (tertiary alicyclic amines) is 1. The average molecular weight is 279 g/mol. The number of piperidine rings is 1. The van der Waals surface area contributed by atoms with Crippen LogP contribution in [-0.4, -0.2) is 41.3 Å². The molecule has 1 aliphatic rings. The number of carbonyl (C=O) groups is 2. The Labute approximate surface area is 117 Å². The quantitative estimate of drug-likeness (QED) is 0.846. The number of pyridine rings is 1. The molecule has 2 rings (SSSR count). The Balaban J connectivity index is 1.92. The number of rotatable bonds is 3. The molecule has 6 heteroatoms. The first-order chi connectivity index (χ1) is 9.61. The SMILES string of the molecule is CCNC(=O)C1CCN(C(=O)c2ccc(F)nc2)CC1. The van der Waals surface area contributed by atoms with E-state index in [0.717, 1.165) is 0 Å². The van der Waals surface area contributed by atoms with E-state index in [1.54, 1.807) is 4.90 Å². The van der Waals surface area contributed by atoms with Crippen LogP contribution in [-0.2, 0) is 4.79 Å². The Kier molecular flexibility index (Phi) is 4.65. The van der Waals surface area contributed by atoms with Gasteiger partial charge in [0.15, 0.2) is 0 Å². The Bertz CT molecular complexity index is 482. The van der Waals surface area contributed by atoms with Crippen molar-refractivity contribution < 1.29 is 14.0 Å². The molecule has 0 aromatic carbocycles. The van der Waals surface area contributed by atoms with Gasteiger partial charge in [0.05, 0.1) is 5.56 Å². The maximum atomic E-state index is 12.7. The summed E-state index contributed by atoms with van der Waals surface area (Å²) in [6.45, 7) is 3.59. The van der Waals surface area contributed by atoms with E-state index in [4.69, 9.17) is 0 Å². The Morgan fingerprint density at radius 2 is 2.10 bits per heavy atom. The molecule has 0 radical (unpaired) electrons. The van der Waals surface area contributed by atoms with Crippen molar-refractivity contribution in [1.29, 1.82) is 0 Å². The number of carbonyl (C=O) groups excluding carboxylic acids is 2. The lowest BCUT2D eigenvalue weighted by atomic mass is 9.95. The summed E-state index contributed by atoms with van der Waals surface area (Å²) in [7, 11) is 0. The summed E-state index contributed by atoms with van der Waals surface area (Å²) < 4.78 is 12.7. The summed E-state index contributed by atoms with van der Waals surface area (Å²) in [4.78, 5) is 29.1. The van der Waals surface area contributed by atoms with Crippen molar-refractivity contribution in [1.82, 2.24) is 15.2 Å². The predicted molar refractivity (Wildman–Crippen MR) is 71.5 cm³/mol. The minimum atomic E-state index is -0.600. The summed E-state index contributed by atoms with van der Waals surface area (Å²) in [6.07, 6.45) is 2.56. The van der Waals surface area contributed by atoms with Gasteiger partial charge in [-0.15, -0.1) is 0 Å². The molecule has 0 bridgehead atoms. The molecule has 5 nitrogen and oxygen atoms in total. The van der Waals surface area contributed by atoms with Gasteiger partial charge in [-0.1, -0.05) is 0 Å². The molecule has 1 aliphatic heterocycles. The molecule has 1 saturated heterocycles. The fourth-order valence-electron chi connectivity index (χ4n) is 2.35. The maximum absolute atomic E-state index is 12.7. The van der Waals surface area contributed by atoms with Crippen LogP contribution in [0.1, 0.15) is 30.1 Å². The van der Waals surface area contributed by atoms with Gasteiger partial charge in [0.1, 0.15) is 0 Å². The molecule has 1 fully saturated rings. The molecule has 0 unspecified atom stereocenters. The minimum Gasteiger partial charge on any atom is -0.356 e. The zero-order valence-corrected chi connectivity index (χ0v) is 11.4. The van der Waals surface area contributed by atoms with Crippen LogP contribution in [0.25, 0.3) is 0 Å². The molecular formula is C14H18FN3O2. The molecule has 1 aromatic heterocycles. The number of nitrogens with zero attached hydrogens (tertiary/aromatic N) is 2. The molecule has 0 atom stereocenters. The van der Waals surface area contributed by atoms with E-state index in [0.29, 0.717) is 38.0 Å². The van der Waals surface area contributed by atoms with E-state index < -0.39 is 5.95 Å². The lowest BCUT2D eigenvalue weighted by Gasteiger charge is -2.31. The third kappa shape index (κ3) is 3.31. The Morgan fingerprint density at radius 3 is 2.65 bits per heavy atom. The van der Waals surface area contributed by atoms with Crippen molar-refractivity contribution in [2.24, 2.45) is 5.92 Å². The number of nitrogens with one attached hydrogen (secondary N) is 1. The Morgan fingerprint density at radius 1 is 1.40 bits per heavy atom. The lowest BCUT2D eigenvalue weighted by Crippen LogP contribution is -2.43. The van der Waals surface area contributed by atoms with Crippen LogP contribution in [0.2, 0.25) is 0 Å². The smallest absolute Gasteiger partial charge is 0.255 e. The van der Waals surface area contributed by atoms with Crippen LogP contribution in [0, 0.1) is 11.9 Å². The molecule has 2 amide bonds. The standard InChI is InChI=1S/C14H18FN3O2/c1-2-16-13(19)10-5-7-18(8-6-10)14(20)11-3-4-12(15)17-9-11/h3-4,9-10H,2,5-8H2,1H3,(H,16,19). The van der Waals surface area contributed by atoms with E-state index >= 15 is 0 Å². The summed E-state index contributed by atoms with van der Waals surface area (Å²) in [5.41, 5.74) is 0.378. The molecule has 20 heavy (non-hydrogen) atoms. The molecule has 1 aromatic rings. The average Bonchev–Trinajstić information content (AvgIpc) is 2.48. The fourth-order valence-corrected chi connectivity index (χ4v) is 2.35. The molecule has 1 N–H and O–H groups in total. The predicted octanol–water partition coefficient (Wildman–Crippen LogP) is 1.21. The summed E-state index contributed by atoms with van der Waals surface area (Å²) in [6, 6.07) is 2.61. The third-order valence-corrected chi connectivity index (χ3v) is 3.48. The first-order valence-corrected chi connectivity index (χ1v) is 6.80. The largest absolute Gasteiger partial charge is 0.356 e. The van der Waals surface area contributed by atoms with E-state index in [-0.39, 0.29) is 17.7 Å². The van der Waals surface area contributed by atoms with Gasteiger partial charge in [0.2, 0.25) is 11.9 Å². The second-order valence-electron chi connectivity index (χ2n) is 4.83. The van der Waals surface area contributed by atoms with Crippen molar-refractivity contribution in [3.63, 3.8) is 0 Å². The Hall–Kier alpha value is -1.98. The zero-order valence-electron chi connectivity index (χ0n) is 11.4. The van der Waals surface area contributed by atoms with Gasteiger partial charge >= 0.3 is 0 Å². The first kappa shape index (κ1) is 14.4. The van der Waals surface area contributed by atoms with Crippen LogP contribution < -0.4 is 5.32 Å². The van der Waals surface area contributed by atoms with Crippen molar-refractivity contribution in [2.45, 2.75) is 19.8 Å². The van der Waals surface area contributed by atoms with Crippen LogP contribution >= 0.6 is 0 Å². The second kappa shape index (κ2) is 6.45. The van der Waals surface area contributed by atoms with Crippen molar-refractivity contribution in [2.75, 3.05) is 19.6 Å². The molecule has 0 aliphatic carbocycles. The van der Waals surface area contributed by atoms with E-state index in [1.807, 2.05) is 6.92 Å². The van der Waals surface area contributed by atoms with Crippen LogP contribution in [0.3, 0.4) is 0 Å². The normalized spacial score (nSPS) is 16.0. The summed E-state index contributed by atoms with van der Waals surface area (Å²) in [5, 5.41) is 2.80. The molecule has 108 valence electrons. The number of amides is 2. The maximum Gasteiger partial charge on any atom is 0.255 e. The van der Waals surface area contributed by atoms with Gasteiger partial charge in [-0.3, -0.25) is 9.59 Å². The second-order valence-corrected chi connectivity index (χ2v) is 4.83. The van der Waals surface area contributed by atoms with E-state index in [2.05, 4.69) is 10.3 Å². The highest BCUT2D eigenvalue weighted by Gasteiger charge is 2.27. The molecule has 0 spiro atoms. The van der Waals surface area contributed by atoms with Crippen LogP contribution in [0.5, 0.6) is 0 Å². The van der Waals surface area contributed by atoms with Gasteiger partial charge < -0.3 is 10.2 Å². The highest BCUT2D eigenvalue weighted by atomic mass is 19.1. The van der Waals surface area contributed by atoms with Gasteiger partial charge in [-0.05, 0) is 31.9 Å². The topological polar surface area (TPSA) is 62.3 Å². The molecular weight excluding hydrogens is 261 g/mol. The highest BCUT2D eigenvalue weighted by molar-refractivity contribution is 5.94. The van der Waals surface area contributed by atoms with E-state index in [1.165, 1.54) is 18.3 Å². The highest BCUT2D eigenvalue weighted by Crippen LogP contribution is 2.19. The van der Waals surface area contributed by atoms with Gasteiger partial charge in [0.25, 0.3) is 5.91 Å². The monoisotopic (exact) mass is 279 g/mol. The molecule has 0 saturated carbocycles. The lowest BCUT2D eigenvalue weighted by molar-refractivity contribution is -0.126. The fraction of sp³-hybridized carbons (Fsp3) is 0.500. The minimum absolute atomic E-state index is 0.0228. The number of halogens is 1. The van der Waals surface area contributed by atoms with Gasteiger partial charge in [0, 0.05) is 31.7 Å². The van der Waals surface area contributed by atoms with Crippen LogP contribution in [0.15, 0.2) is 18.3 Å². The van der Waals surface area contributed by atoms with Gasteiger partial charge in [-0.2, -0.15) is 4.39 Å². The molecule has 2 heterocycles. The number of aromatic nitrogens is 1. The van der Waals surface area contributed by atoms with Gasteiger partial charge in [-0.25, -0.2) is 4.98 Å². The number of hydrogen-bond acceptors (Lipinski definition) is 3. The summed E-state index contributed by atoms with van der Waals surface area (Å²) in [5.74, 6) is -0.725. The summed E-state index contributed by atoms with van der Waals surface area (Å²) >= 11 is 0. The zero-order chi connectivity index (χ0) is 14.5. The van der Waals surface area contributed by atoms with Crippen LogP contribution in [0.4, 0.5) is 4.39 Å². The van der Waals surface area contributed by atoms with Crippen molar-refractivity contribution >= 4 is 11.8 Å². The number of hydrogen-bond donors (Lipinski definition) is 1. The van der Waals surface area contributed by atoms with Crippen molar-refractivity contribution in [3.05, 3.63) is 29.8 Å². The van der Waals surface area contributed by atoms with Crippen molar-refractivity contribution in [3.8, 4) is 0 Å².